The molecule has 1 aliphatic heterocycles. The predicted molar refractivity (Wildman–Crippen MR) is 95.3 cm³/mol. The first-order valence-electron chi connectivity index (χ1n) is 8.22. The minimum absolute atomic E-state index is 0.0410. The third-order valence-electron chi connectivity index (χ3n) is 4.67. The van der Waals surface area contributed by atoms with E-state index in [2.05, 4.69) is 15.3 Å². The van der Waals surface area contributed by atoms with Crippen molar-refractivity contribution in [3.8, 4) is 0 Å². The molecule has 6 heteroatoms. The summed E-state index contributed by atoms with van der Waals surface area (Å²) in [6, 6.07) is 7.81. The van der Waals surface area contributed by atoms with Gasteiger partial charge in [-0.25, -0.2) is 0 Å². The summed E-state index contributed by atoms with van der Waals surface area (Å²) in [6.45, 7) is 2.69. The van der Waals surface area contributed by atoms with Gasteiger partial charge >= 0.3 is 0 Å². The molecule has 2 aromatic heterocycles. The molecule has 0 spiro atoms. The number of benzene rings is 1. The van der Waals surface area contributed by atoms with Crippen molar-refractivity contribution < 1.29 is 9.59 Å². The molecule has 6 nitrogen and oxygen atoms in total. The lowest BCUT2D eigenvalue weighted by molar-refractivity contribution is -0.129. The molecule has 0 saturated heterocycles. The van der Waals surface area contributed by atoms with Crippen LogP contribution in [-0.4, -0.2) is 33.2 Å². The molecule has 2 N–H and O–H groups in total. The van der Waals surface area contributed by atoms with E-state index in [4.69, 9.17) is 0 Å². The van der Waals surface area contributed by atoms with Crippen molar-refractivity contribution in [1.29, 1.82) is 0 Å². The second-order valence-electron chi connectivity index (χ2n) is 6.22. The molecule has 1 aliphatic rings. The summed E-state index contributed by atoms with van der Waals surface area (Å²) in [5.41, 5.74) is 4.21. The fourth-order valence-electron chi connectivity index (χ4n) is 3.32. The molecule has 0 fully saturated rings. The maximum Gasteiger partial charge on any atom is 0.257 e. The molecule has 0 radical (unpaired) electrons. The Morgan fingerprint density at radius 3 is 2.92 bits per heavy atom. The Morgan fingerprint density at radius 1 is 1.24 bits per heavy atom. The van der Waals surface area contributed by atoms with Gasteiger partial charge in [0.1, 0.15) is 0 Å². The largest absolute Gasteiger partial charge is 0.359 e. The molecule has 0 unspecified atom stereocenters. The van der Waals surface area contributed by atoms with Crippen LogP contribution >= 0.6 is 0 Å². The van der Waals surface area contributed by atoms with Gasteiger partial charge in [0.25, 0.3) is 5.91 Å². The van der Waals surface area contributed by atoms with Crippen LogP contribution in [0, 0.1) is 0 Å². The van der Waals surface area contributed by atoms with Crippen molar-refractivity contribution >= 4 is 28.4 Å². The smallest absolute Gasteiger partial charge is 0.257 e. The van der Waals surface area contributed by atoms with Crippen molar-refractivity contribution in [2.75, 3.05) is 11.9 Å². The van der Waals surface area contributed by atoms with Crippen molar-refractivity contribution in [3.05, 3.63) is 59.5 Å². The number of H-pyrrole nitrogens is 1. The van der Waals surface area contributed by atoms with Crippen LogP contribution in [0.15, 0.2) is 42.9 Å². The van der Waals surface area contributed by atoms with E-state index in [1.54, 1.807) is 30.4 Å². The first-order valence-corrected chi connectivity index (χ1v) is 8.22. The number of hydrogen-bond donors (Lipinski definition) is 2. The third-order valence-corrected chi connectivity index (χ3v) is 4.67. The van der Waals surface area contributed by atoms with Gasteiger partial charge in [0, 0.05) is 49.5 Å². The van der Waals surface area contributed by atoms with Crippen LogP contribution in [0.25, 0.3) is 10.9 Å². The monoisotopic (exact) mass is 334 g/mol. The maximum absolute atomic E-state index is 12.8. The zero-order chi connectivity index (χ0) is 17.4. The van der Waals surface area contributed by atoms with E-state index in [9.17, 15) is 9.59 Å². The van der Waals surface area contributed by atoms with Gasteiger partial charge in [0.05, 0.1) is 11.3 Å². The summed E-state index contributed by atoms with van der Waals surface area (Å²) in [5.74, 6) is -0.135. The Kier molecular flexibility index (Phi) is 3.72. The summed E-state index contributed by atoms with van der Waals surface area (Å²) in [6.07, 6.45) is 5.80. The lowest BCUT2D eigenvalue weighted by Gasteiger charge is -2.28. The van der Waals surface area contributed by atoms with E-state index in [1.807, 2.05) is 24.3 Å². The number of para-hydroxylation sites is 1. The average molecular weight is 334 g/mol. The van der Waals surface area contributed by atoms with E-state index in [0.29, 0.717) is 25.1 Å². The SMILES string of the molecule is CC(=O)N1CCc2c(cncc2C(=O)Nc2c[nH]c3ccccc23)C1. The van der Waals surface area contributed by atoms with E-state index in [-0.39, 0.29) is 11.8 Å². The maximum atomic E-state index is 12.8. The first kappa shape index (κ1) is 15.4. The van der Waals surface area contributed by atoms with Gasteiger partial charge in [0.15, 0.2) is 0 Å². The van der Waals surface area contributed by atoms with E-state index in [0.717, 1.165) is 27.7 Å². The summed E-state index contributed by atoms with van der Waals surface area (Å²) < 4.78 is 0. The lowest BCUT2D eigenvalue weighted by Crippen LogP contribution is -2.35. The molecular weight excluding hydrogens is 316 g/mol. The highest BCUT2D eigenvalue weighted by atomic mass is 16.2. The van der Waals surface area contributed by atoms with Crippen LogP contribution in [0.2, 0.25) is 0 Å². The highest BCUT2D eigenvalue weighted by Crippen LogP contribution is 2.25. The molecule has 3 aromatic rings. The van der Waals surface area contributed by atoms with Gasteiger partial charge in [-0.05, 0) is 23.6 Å². The molecule has 2 amide bonds. The normalized spacial score (nSPS) is 13.6. The number of hydrogen-bond acceptors (Lipinski definition) is 3. The van der Waals surface area contributed by atoms with Gasteiger partial charge in [-0.3, -0.25) is 14.6 Å². The molecule has 25 heavy (non-hydrogen) atoms. The quantitative estimate of drug-likeness (QED) is 0.756. The summed E-state index contributed by atoms with van der Waals surface area (Å²) >= 11 is 0. The van der Waals surface area contributed by atoms with E-state index >= 15 is 0 Å². The van der Waals surface area contributed by atoms with Crippen LogP contribution in [0.3, 0.4) is 0 Å². The molecular formula is C19H18N4O2. The summed E-state index contributed by atoms with van der Waals surface area (Å²) in [4.78, 5) is 33.5. The fraction of sp³-hybridized carbons (Fsp3) is 0.211. The van der Waals surface area contributed by atoms with Gasteiger partial charge in [0.2, 0.25) is 5.91 Å². The molecule has 0 saturated carbocycles. The molecule has 3 heterocycles. The van der Waals surface area contributed by atoms with Gasteiger partial charge in [-0.1, -0.05) is 18.2 Å². The standard InChI is InChI=1S/C19H18N4O2/c1-12(24)23-7-6-14-13(11-23)8-20-9-16(14)19(25)22-18-10-21-17-5-3-2-4-15(17)18/h2-5,8-10,21H,6-7,11H2,1H3,(H,22,25). The summed E-state index contributed by atoms with van der Waals surface area (Å²) in [5, 5.41) is 3.94. The Balaban J connectivity index is 1.63. The Morgan fingerprint density at radius 2 is 2.08 bits per heavy atom. The Hall–Kier alpha value is -3.15. The molecule has 1 aromatic carbocycles. The van der Waals surface area contributed by atoms with Crippen molar-refractivity contribution in [2.24, 2.45) is 0 Å². The zero-order valence-corrected chi connectivity index (χ0v) is 13.9. The lowest BCUT2D eigenvalue weighted by atomic mass is 9.96. The van der Waals surface area contributed by atoms with Gasteiger partial charge in [-0.15, -0.1) is 0 Å². The number of nitrogens with zero attached hydrogens (tertiary/aromatic N) is 2. The highest BCUT2D eigenvalue weighted by Gasteiger charge is 2.23. The van der Waals surface area contributed by atoms with Crippen LogP contribution in [0.5, 0.6) is 0 Å². The number of amides is 2. The predicted octanol–water partition coefficient (Wildman–Crippen LogP) is 2.72. The highest BCUT2D eigenvalue weighted by molar-refractivity contribution is 6.09. The fourth-order valence-corrected chi connectivity index (χ4v) is 3.32. The number of aromatic nitrogens is 2. The minimum atomic E-state index is -0.176. The van der Waals surface area contributed by atoms with Crippen LogP contribution in [0.4, 0.5) is 5.69 Å². The van der Waals surface area contributed by atoms with Crippen LogP contribution in [0.1, 0.15) is 28.4 Å². The van der Waals surface area contributed by atoms with Crippen molar-refractivity contribution in [3.63, 3.8) is 0 Å². The average Bonchev–Trinajstić information content (AvgIpc) is 3.03. The zero-order valence-electron chi connectivity index (χ0n) is 13.9. The van der Waals surface area contributed by atoms with Crippen molar-refractivity contribution in [1.82, 2.24) is 14.9 Å². The minimum Gasteiger partial charge on any atom is -0.359 e. The molecule has 126 valence electrons. The van der Waals surface area contributed by atoms with E-state index in [1.165, 1.54) is 0 Å². The van der Waals surface area contributed by atoms with Crippen LogP contribution in [-0.2, 0) is 17.8 Å². The molecule has 0 atom stereocenters. The molecule has 0 bridgehead atoms. The van der Waals surface area contributed by atoms with Gasteiger partial charge < -0.3 is 15.2 Å². The number of fused-ring (bicyclic) bond motifs is 2. The number of anilines is 1. The number of carbonyl (C=O) groups is 2. The van der Waals surface area contributed by atoms with Gasteiger partial charge in [-0.2, -0.15) is 0 Å². The number of rotatable bonds is 2. The second-order valence-corrected chi connectivity index (χ2v) is 6.22. The number of carbonyl (C=O) groups excluding carboxylic acids is 2. The second kappa shape index (κ2) is 6.05. The van der Waals surface area contributed by atoms with E-state index < -0.39 is 0 Å². The number of nitrogens with one attached hydrogen (secondary N) is 2. The summed E-state index contributed by atoms with van der Waals surface area (Å²) in [7, 11) is 0. The Bertz CT molecular complexity index is 976. The number of aromatic amines is 1. The number of pyridine rings is 1. The first-order chi connectivity index (χ1) is 12.1. The van der Waals surface area contributed by atoms with Crippen LogP contribution < -0.4 is 5.32 Å². The molecule has 0 aliphatic carbocycles. The molecule has 4 rings (SSSR count). The van der Waals surface area contributed by atoms with Crippen molar-refractivity contribution in [2.45, 2.75) is 19.9 Å². The topological polar surface area (TPSA) is 78.1 Å². The Labute approximate surface area is 144 Å². The third kappa shape index (κ3) is 2.76.